The maximum atomic E-state index is 12.5. The highest BCUT2D eigenvalue weighted by atomic mass is 16.5. The molecule has 0 aromatic rings. The van der Waals surface area contributed by atoms with Gasteiger partial charge < -0.3 is 20.3 Å². The Morgan fingerprint density at radius 2 is 0.644 bits per heavy atom. The molecule has 0 saturated heterocycles. The number of aliphatic hydroxyl groups excluding tert-OH is 2. The van der Waals surface area contributed by atoms with Crippen molar-refractivity contribution in [3.8, 4) is 0 Å². The molecule has 73 heavy (non-hydrogen) atoms. The number of carbonyl (C=O) groups excluding carboxylic acids is 2. The second-order valence-corrected chi connectivity index (χ2v) is 23.2. The van der Waals surface area contributed by atoms with Gasteiger partial charge in [0, 0.05) is 12.8 Å². The van der Waals surface area contributed by atoms with E-state index in [1.807, 2.05) is 0 Å². The number of unbranched alkanes of at least 4 members (excludes halogenated alkanes) is 50. The normalized spacial score (nSPS) is 12.5. The molecule has 6 heteroatoms. The van der Waals surface area contributed by atoms with Crippen LogP contribution in [0.15, 0.2) is 12.2 Å². The van der Waals surface area contributed by atoms with Crippen molar-refractivity contribution < 1.29 is 24.5 Å². The SMILES string of the molecule is CCCCCCCCCCCCCCCCC(=O)OCCCCCCCCCCCCCC/C=C\CCCCCCCCCCCCCCCC(=O)NC(CO)C(O)CCCCCCCCCCCCCCC. The molecule has 0 heterocycles. The van der Waals surface area contributed by atoms with Crippen LogP contribution in [0.3, 0.4) is 0 Å². The third-order valence-electron chi connectivity index (χ3n) is 15.8. The molecular formula is C67H131NO5. The number of nitrogens with one attached hydrogen (secondary N) is 1. The van der Waals surface area contributed by atoms with E-state index in [1.165, 1.54) is 308 Å². The fourth-order valence-electron chi connectivity index (χ4n) is 10.7. The molecule has 0 aliphatic heterocycles. The van der Waals surface area contributed by atoms with E-state index < -0.39 is 12.1 Å². The molecule has 0 fully saturated rings. The van der Waals surface area contributed by atoms with E-state index in [9.17, 15) is 19.8 Å². The van der Waals surface area contributed by atoms with Crippen molar-refractivity contribution in [2.24, 2.45) is 0 Å². The predicted octanol–water partition coefficient (Wildman–Crippen LogP) is 21.2. The van der Waals surface area contributed by atoms with Gasteiger partial charge in [0.05, 0.1) is 25.4 Å². The Balaban J connectivity index is 3.34. The maximum Gasteiger partial charge on any atom is 0.305 e. The lowest BCUT2D eigenvalue weighted by molar-refractivity contribution is -0.143. The number of rotatable bonds is 63. The summed E-state index contributed by atoms with van der Waals surface area (Å²) in [4.78, 5) is 24.5. The highest BCUT2D eigenvalue weighted by molar-refractivity contribution is 5.76. The second kappa shape index (κ2) is 63.1. The highest BCUT2D eigenvalue weighted by Gasteiger charge is 2.20. The number of carbonyl (C=O) groups is 2. The first-order valence-electron chi connectivity index (χ1n) is 33.4. The summed E-state index contributed by atoms with van der Waals surface area (Å²) < 4.78 is 5.49. The standard InChI is InChI=1S/C67H131NO5/c1-3-5-7-9-11-13-15-17-37-41-45-49-53-57-61-67(72)73-62-58-54-50-46-42-38-34-32-30-28-26-24-22-20-18-19-21-23-25-27-29-31-33-36-40-44-48-52-56-60-66(71)68-64(63-69)65(70)59-55-51-47-43-39-35-16-14-12-10-8-6-4-2/h18,20,64-65,69-70H,3-17,19,21-63H2,1-2H3,(H,68,71)/b20-18-. The van der Waals surface area contributed by atoms with Crippen molar-refractivity contribution in [1.82, 2.24) is 5.32 Å². The predicted molar refractivity (Wildman–Crippen MR) is 320 cm³/mol. The van der Waals surface area contributed by atoms with Crippen LogP contribution >= 0.6 is 0 Å². The summed E-state index contributed by atoms with van der Waals surface area (Å²) in [7, 11) is 0. The molecule has 0 saturated carbocycles. The third-order valence-corrected chi connectivity index (χ3v) is 15.8. The molecule has 1 amide bonds. The first kappa shape index (κ1) is 71.6. The fourth-order valence-corrected chi connectivity index (χ4v) is 10.7. The summed E-state index contributed by atoms with van der Waals surface area (Å²) in [5, 5.41) is 23.3. The number of aliphatic hydroxyl groups is 2. The zero-order valence-electron chi connectivity index (χ0n) is 49.6. The highest BCUT2D eigenvalue weighted by Crippen LogP contribution is 2.18. The minimum Gasteiger partial charge on any atom is -0.466 e. The van der Waals surface area contributed by atoms with E-state index >= 15 is 0 Å². The van der Waals surface area contributed by atoms with Crippen molar-refractivity contribution in [3.63, 3.8) is 0 Å². The molecule has 3 N–H and O–H groups in total. The van der Waals surface area contributed by atoms with Crippen LogP contribution in [0, 0.1) is 0 Å². The molecule has 0 aliphatic carbocycles. The molecule has 0 spiro atoms. The third kappa shape index (κ3) is 59.7. The van der Waals surface area contributed by atoms with Crippen LogP contribution in [-0.2, 0) is 14.3 Å². The topological polar surface area (TPSA) is 95.9 Å². The molecule has 0 bridgehead atoms. The van der Waals surface area contributed by atoms with Gasteiger partial charge in [0.15, 0.2) is 0 Å². The van der Waals surface area contributed by atoms with Gasteiger partial charge in [-0.25, -0.2) is 0 Å². The quantitative estimate of drug-likeness (QED) is 0.0320. The van der Waals surface area contributed by atoms with Crippen LogP contribution in [0.4, 0.5) is 0 Å². The average molecular weight is 1030 g/mol. The minimum absolute atomic E-state index is 0.0195. The lowest BCUT2D eigenvalue weighted by Gasteiger charge is -2.22. The van der Waals surface area contributed by atoms with Gasteiger partial charge in [-0.1, -0.05) is 328 Å². The van der Waals surface area contributed by atoms with Crippen LogP contribution in [0.5, 0.6) is 0 Å². The molecule has 0 rings (SSSR count). The summed E-state index contributed by atoms with van der Waals surface area (Å²) in [6.07, 6.45) is 76.8. The lowest BCUT2D eigenvalue weighted by Crippen LogP contribution is -2.45. The van der Waals surface area contributed by atoms with E-state index in [-0.39, 0.29) is 18.5 Å². The van der Waals surface area contributed by atoms with Crippen molar-refractivity contribution in [1.29, 1.82) is 0 Å². The van der Waals surface area contributed by atoms with Crippen LogP contribution in [0.1, 0.15) is 380 Å². The molecule has 2 unspecified atom stereocenters. The second-order valence-electron chi connectivity index (χ2n) is 23.2. The Morgan fingerprint density at radius 1 is 0.370 bits per heavy atom. The number of hydrogen-bond acceptors (Lipinski definition) is 5. The first-order chi connectivity index (χ1) is 36.0. The van der Waals surface area contributed by atoms with Gasteiger partial charge in [-0.2, -0.15) is 0 Å². The number of ether oxygens (including phenoxy) is 1. The van der Waals surface area contributed by atoms with Gasteiger partial charge in [0.1, 0.15) is 0 Å². The van der Waals surface area contributed by atoms with Crippen LogP contribution < -0.4 is 5.32 Å². The minimum atomic E-state index is -0.662. The summed E-state index contributed by atoms with van der Waals surface area (Å²) in [5.41, 5.74) is 0. The van der Waals surface area contributed by atoms with Gasteiger partial charge >= 0.3 is 5.97 Å². The molecule has 0 aromatic heterocycles. The zero-order chi connectivity index (χ0) is 52.9. The van der Waals surface area contributed by atoms with Crippen molar-refractivity contribution in [2.75, 3.05) is 13.2 Å². The van der Waals surface area contributed by atoms with Crippen LogP contribution in [0.2, 0.25) is 0 Å². The molecule has 0 aromatic carbocycles. The number of esters is 1. The number of amides is 1. The summed E-state index contributed by atoms with van der Waals surface area (Å²) in [6.45, 7) is 4.98. The Bertz CT molecular complexity index is 1100. The Labute approximate surface area is 457 Å². The van der Waals surface area contributed by atoms with Gasteiger partial charge in [-0.05, 0) is 51.4 Å². The van der Waals surface area contributed by atoms with Gasteiger partial charge in [0.2, 0.25) is 5.91 Å². The monoisotopic (exact) mass is 1030 g/mol. The van der Waals surface area contributed by atoms with Gasteiger partial charge in [-0.3, -0.25) is 9.59 Å². The van der Waals surface area contributed by atoms with E-state index in [0.29, 0.717) is 25.9 Å². The largest absolute Gasteiger partial charge is 0.466 e. The van der Waals surface area contributed by atoms with Gasteiger partial charge in [-0.15, -0.1) is 0 Å². The van der Waals surface area contributed by atoms with Crippen LogP contribution in [-0.4, -0.2) is 47.4 Å². The van der Waals surface area contributed by atoms with Crippen LogP contribution in [0.25, 0.3) is 0 Å². The Kier molecular flexibility index (Phi) is 61.9. The Morgan fingerprint density at radius 3 is 0.973 bits per heavy atom. The smallest absolute Gasteiger partial charge is 0.305 e. The average Bonchev–Trinajstić information content (AvgIpc) is 3.39. The van der Waals surface area contributed by atoms with E-state index in [0.717, 1.165) is 38.5 Å². The van der Waals surface area contributed by atoms with Crippen molar-refractivity contribution in [3.05, 3.63) is 12.2 Å². The van der Waals surface area contributed by atoms with E-state index in [4.69, 9.17) is 4.74 Å². The number of hydrogen-bond donors (Lipinski definition) is 3. The summed E-state index contributed by atoms with van der Waals surface area (Å²) >= 11 is 0. The zero-order valence-corrected chi connectivity index (χ0v) is 49.6. The fraction of sp³-hybridized carbons (Fsp3) is 0.940. The number of allylic oxidation sites excluding steroid dienone is 2. The molecule has 2 atom stereocenters. The first-order valence-corrected chi connectivity index (χ1v) is 33.4. The molecule has 0 radical (unpaired) electrons. The molecular weight excluding hydrogens is 899 g/mol. The molecule has 0 aliphatic rings. The van der Waals surface area contributed by atoms with E-state index in [2.05, 4.69) is 31.3 Å². The molecule has 6 nitrogen and oxygen atoms in total. The van der Waals surface area contributed by atoms with Crippen molar-refractivity contribution in [2.45, 2.75) is 392 Å². The molecule has 434 valence electrons. The Hall–Kier alpha value is -1.40. The van der Waals surface area contributed by atoms with Gasteiger partial charge in [0.25, 0.3) is 0 Å². The maximum absolute atomic E-state index is 12.5. The van der Waals surface area contributed by atoms with Crippen molar-refractivity contribution >= 4 is 11.9 Å². The summed E-state index contributed by atoms with van der Waals surface area (Å²) in [5.74, 6) is -0.0126. The summed E-state index contributed by atoms with van der Waals surface area (Å²) in [6, 6.07) is -0.539. The lowest BCUT2D eigenvalue weighted by atomic mass is 10.0. The van der Waals surface area contributed by atoms with E-state index in [1.54, 1.807) is 0 Å².